The second-order valence-electron chi connectivity index (χ2n) is 4.44. The second kappa shape index (κ2) is 5.14. The van der Waals surface area contributed by atoms with Gasteiger partial charge in [-0.25, -0.2) is 4.98 Å². The fourth-order valence-corrected chi connectivity index (χ4v) is 2.67. The van der Waals surface area contributed by atoms with Gasteiger partial charge in [-0.05, 0) is 40.9 Å². The molecular weight excluding hydrogens is 284 g/mol. The van der Waals surface area contributed by atoms with Gasteiger partial charge in [0, 0.05) is 6.20 Å². The minimum atomic E-state index is -0.438. The molecule has 0 aromatic carbocycles. The third-order valence-corrected chi connectivity index (χ3v) is 3.88. The molecule has 1 amide bonds. The Labute approximate surface area is 109 Å². The smallest absolute Gasteiger partial charge is 0.254 e. The quantitative estimate of drug-likeness (QED) is 0.838. The summed E-state index contributed by atoms with van der Waals surface area (Å²) >= 11 is 3.25. The topological polar surface area (TPSA) is 62.2 Å². The minimum absolute atomic E-state index is 0.00335. The van der Waals surface area contributed by atoms with Crippen LogP contribution in [0.15, 0.2) is 22.9 Å². The molecule has 1 heterocycles. The van der Waals surface area contributed by atoms with Gasteiger partial charge in [-0.2, -0.15) is 0 Å². The van der Waals surface area contributed by atoms with Gasteiger partial charge in [-0.15, -0.1) is 0 Å². The summed E-state index contributed by atoms with van der Waals surface area (Å²) in [7, 11) is 0. The lowest BCUT2D eigenvalue weighted by atomic mass is 9.98. The highest BCUT2D eigenvalue weighted by Crippen LogP contribution is 2.29. The molecule has 0 bridgehead atoms. The summed E-state index contributed by atoms with van der Waals surface area (Å²) in [5.74, 6) is -0.180. The zero-order valence-electron chi connectivity index (χ0n) is 9.45. The maximum absolute atomic E-state index is 12.1. The number of aromatic nitrogens is 1. The zero-order valence-corrected chi connectivity index (χ0v) is 11.0. The number of pyridine rings is 1. The van der Waals surface area contributed by atoms with Crippen molar-refractivity contribution in [2.75, 3.05) is 6.61 Å². The van der Waals surface area contributed by atoms with Crippen molar-refractivity contribution >= 4 is 21.8 Å². The summed E-state index contributed by atoms with van der Waals surface area (Å²) in [6.45, 7) is -0.00335. The Hall–Kier alpha value is -0.940. The Kier molecular flexibility index (Phi) is 3.79. The number of carbonyl (C=O) groups is 1. The van der Waals surface area contributed by atoms with Gasteiger partial charge >= 0.3 is 0 Å². The van der Waals surface area contributed by atoms with Crippen LogP contribution in [0.4, 0.5) is 0 Å². The molecule has 1 aromatic heterocycles. The van der Waals surface area contributed by atoms with Gasteiger partial charge in [-0.3, -0.25) is 4.79 Å². The summed E-state index contributed by atoms with van der Waals surface area (Å²) in [6, 6.07) is 3.44. The molecule has 1 aliphatic carbocycles. The van der Waals surface area contributed by atoms with Crippen molar-refractivity contribution in [1.82, 2.24) is 10.3 Å². The third-order valence-electron chi connectivity index (χ3n) is 3.25. The molecule has 2 N–H and O–H groups in total. The molecule has 1 aliphatic rings. The lowest BCUT2D eigenvalue weighted by Gasteiger charge is -2.28. The number of aliphatic hydroxyl groups excluding tert-OH is 1. The van der Waals surface area contributed by atoms with Crippen LogP contribution >= 0.6 is 15.9 Å². The number of amides is 1. The van der Waals surface area contributed by atoms with E-state index in [2.05, 4.69) is 26.2 Å². The second-order valence-corrected chi connectivity index (χ2v) is 5.19. The molecule has 0 unspecified atom stereocenters. The molecule has 92 valence electrons. The predicted molar refractivity (Wildman–Crippen MR) is 67.7 cm³/mol. The van der Waals surface area contributed by atoms with Gasteiger partial charge < -0.3 is 10.4 Å². The highest BCUT2D eigenvalue weighted by Gasteiger charge is 2.35. The molecule has 4 nitrogen and oxygen atoms in total. The van der Waals surface area contributed by atoms with E-state index < -0.39 is 5.54 Å². The average molecular weight is 299 g/mol. The van der Waals surface area contributed by atoms with E-state index in [1.165, 1.54) is 0 Å². The number of nitrogens with one attached hydrogen (secondary N) is 1. The van der Waals surface area contributed by atoms with Crippen molar-refractivity contribution < 1.29 is 9.90 Å². The molecule has 0 aliphatic heterocycles. The van der Waals surface area contributed by atoms with Crippen LogP contribution in [0.2, 0.25) is 0 Å². The Morgan fingerprint density at radius 1 is 1.53 bits per heavy atom. The molecule has 2 rings (SSSR count). The van der Waals surface area contributed by atoms with Crippen LogP contribution in [0.3, 0.4) is 0 Å². The fraction of sp³-hybridized carbons (Fsp3) is 0.500. The van der Waals surface area contributed by atoms with Crippen LogP contribution in [0.5, 0.6) is 0 Å². The van der Waals surface area contributed by atoms with Crippen molar-refractivity contribution in [3.05, 3.63) is 28.5 Å². The number of rotatable bonds is 3. The van der Waals surface area contributed by atoms with E-state index in [0.717, 1.165) is 25.7 Å². The summed E-state index contributed by atoms with van der Waals surface area (Å²) in [6.07, 6.45) is 5.41. The first-order valence-electron chi connectivity index (χ1n) is 5.71. The maximum atomic E-state index is 12.1. The summed E-state index contributed by atoms with van der Waals surface area (Å²) in [4.78, 5) is 16.1. The third kappa shape index (κ3) is 2.66. The molecule has 1 fully saturated rings. The Morgan fingerprint density at radius 2 is 2.24 bits per heavy atom. The SMILES string of the molecule is O=C(NC1(CO)CCCC1)c1cccnc1Br. The van der Waals surface area contributed by atoms with Gasteiger partial charge in [0.25, 0.3) is 5.91 Å². The Bertz CT molecular complexity index is 417. The predicted octanol–water partition coefficient (Wildman–Crippen LogP) is 1.88. The van der Waals surface area contributed by atoms with Gasteiger partial charge in [0.2, 0.25) is 0 Å². The number of aliphatic hydroxyl groups is 1. The van der Waals surface area contributed by atoms with Crippen LogP contribution in [0.1, 0.15) is 36.0 Å². The van der Waals surface area contributed by atoms with E-state index in [0.29, 0.717) is 10.2 Å². The monoisotopic (exact) mass is 298 g/mol. The summed E-state index contributed by atoms with van der Waals surface area (Å²) in [5.41, 5.74) is 0.0686. The van der Waals surface area contributed by atoms with E-state index in [1.54, 1.807) is 18.3 Å². The van der Waals surface area contributed by atoms with Crippen molar-refractivity contribution in [3.63, 3.8) is 0 Å². The highest BCUT2D eigenvalue weighted by molar-refractivity contribution is 9.10. The largest absolute Gasteiger partial charge is 0.394 e. The summed E-state index contributed by atoms with van der Waals surface area (Å²) < 4.78 is 0.531. The molecule has 17 heavy (non-hydrogen) atoms. The fourth-order valence-electron chi connectivity index (χ4n) is 2.24. The van der Waals surface area contributed by atoms with Gasteiger partial charge in [0.1, 0.15) is 4.60 Å². The van der Waals surface area contributed by atoms with E-state index in [9.17, 15) is 9.90 Å². The number of hydrogen-bond donors (Lipinski definition) is 2. The van der Waals surface area contributed by atoms with Crippen molar-refractivity contribution in [1.29, 1.82) is 0 Å². The number of carbonyl (C=O) groups excluding carboxylic acids is 1. The van der Waals surface area contributed by atoms with Crippen molar-refractivity contribution in [3.8, 4) is 0 Å². The first kappa shape index (κ1) is 12.5. The van der Waals surface area contributed by atoms with E-state index in [-0.39, 0.29) is 12.5 Å². The van der Waals surface area contributed by atoms with Gasteiger partial charge in [0.05, 0.1) is 17.7 Å². The Morgan fingerprint density at radius 3 is 2.82 bits per heavy atom. The van der Waals surface area contributed by atoms with Crippen molar-refractivity contribution in [2.24, 2.45) is 0 Å². The first-order chi connectivity index (χ1) is 8.17. The average Bonchev–Trinajstić information content (AvgIpc) is 2.79. The van der Waals surface area contributed by atoms with Crippen LogP contribution in [-0.4, -0.2) is 28.1 Å². The van der Waals surface area contributed by atoms with Crippen molar-refractivity contribution in [2.45, 2.75) is 31.2 Å². The van der Waals surface area contributed by atoms with Gasteiger partial charge in [0.15, 0.2) is 0 Å². The molecule has 0 radical (unpaired) electrons. The normalized spacial score (nSPS) is 18.0. The van der Waals surface area contributed by atoms with E-state index >= 15 is 0 Å². The highest BCUT2D eigenvalue weighted by atomic mass is 79.9. The molecule has 0 atom stereocenters. The molecular formula is C12H15BrN2O2. The van der Waals surface area contributed by atoms with Crippen LogP contribution in [0, 0.1) is 0 Å². The first-order valence-corrected chi connectivity index (χ1v) is 6.50. The number of hydrogen-bond acceptors (Lipinski definition) is 3. The van der Waals surface area contributed by atoms with Gasteiger partial charge in [-0.1, -0.05) is 12.8 Å². The molecule has 1 saturated carbocycles. The van der Waals surface area contributed by atoms with Crippen LogP contribution in [-0.2, 0) is 0 Å². The van der Waals surface area contributed by atoms with Crippen LogP contribution in [0.25, 0.3) is 0 Å². The Balaban J connectivity index is 2.14. The minimum Gasteiger partial charge on any atom is -0.394 e. The maximum Gasteiger partial charge on any atom is 0.254 e. The summed E-state index contributed by atoms with van der Waals surface area (Å²) in [5, 5.41) is 12.4. The lowest BCUT2D eigenvalue weighted by molar-refractivity contribution is 0.0837. The molecule has 5 heteroatoms. The molecule has 0 saturated heterocycles. The molecule has 0 spiro atoms. The van der Waals surface area contributed by atoms with E-state index in [4.69, 9.17) is 0 Å². The van der Waals surface area contributed by atoms with E-state index in [1.807, 2.05) is 0 Å². The van der Waals surface area contributed by atoms with Crippen LogP contribution < -0.4 is 5.32 Å². The number of halogens is 1. The standard InChI is InChI=1S/C12H15BrN2O2/c13-10-9(4-3-7-14-10)11(17)15-12(8-16)5-1-2-6-12/h3-4,7,16H,1-2,5-6,8H2,(H,15,17). The lowest BCUT2D eigenvalue weighted by Crippen LogP contribution is -2.49. The zero-order chi connectivity index (χ0) is 12.3. The number of nitrogens with zero attached hydrogens (tertiary/aromatic N) is 1. The molecule has 1 aromatic rings.